The van der Waals surface area contributed by atoms with E-state index in [0.29, 0.717) is 22.4 Å². The molecular weight excluding hydrogens is 473 g/mol. The predicted molar refractivity (Wildman–Crippen MR) is 126 cm³/mol. The van der Waals surface area contributed by atoms with Crippen molar-refractivity contribution in [2.24, 2.45) is 0 Å². The van der Waals surface area contributed by atoms with Gasteiger partial charge in [0, 0.05) is 29.6 Å². The van der Waals surface area contributed by atoms with Gasteiger partial charge in [0.25, 0.3) is 5.91 Å². The summed E-state index contributed by atoms with van der Waals surface area (Å²) < 4.78 is 44.3. The average molecular weight is 501 g/mol. The van der Waals surface area contributed by atoms with Crippen molar-refractivity contribution >= 4 is 17.8 Å². The fraction of sp³-hybridized carbons (Fsp3) is 0.370. The molecule has 2 amide bonds. The van der Waals surface area contributed by atoms with E-state index >= 15 is 0 Å². The zero-order chi connectivity index (χ0) is 26.0. The molecule has 1 atom stereocenters. The maximum absolute atomic E-state index is 13.2. The molecule has 0 bridgehead atoms. The first kappa shape index (κ1) is 25.5. The van der Waals surface area contributed by atoms with E-state index in [1.165, 1.54) is 17.0 Å². The molecular formula is C27H27F3N2O4. The SMILES string of the molecule is CCOC(=O)C1=C(C)N(Cc2cccc(C(=O)NC3CC3)c2)C(=O)CC1c1ccc(C(F)(F)F)cc1. The summed E-state index contributed by atoms with van der Waals surface area (Å²) in [6.07, 6.45) is -2.65. The van der Waals surface area contributed by atoms with E-state index in [0.717, 1.165) is 25.0 Å². The van der Waals surface area contributed by atoms with Gasteiger partial charge in [0.15, 0.2) is 0 Å². The molecule has 2 aliphatic rings. The van der Waals surface area contributed by atoms with Crippen LogP contribution in [0.2, 0.25) is 0 Å². The lowest BCUT2D eigenvalue weighted by atomic mass is 9.83. The second-order valence-electron chi connectivity index (χ2n) is 9.02. The molecule has 0 spiro atoms. The number of alkyl halides is 3. The number of esters is 1. The Balaban J connectivity index is 1.64. The molecule has 9 heteroatoms. The number of carbonyl (C=O) groups excluding carboxylic acids is 3. The number of halogens is 3. The molecule has 2 aromatic carbocycles. The Bertz CT molecular complexity index is 1200. The van der Waals surface area contributed by atoms with Gasteiger partial charge in [0.05, 0.1) is 24.3 Å². The van der Waals surface area contributed by atoms with Crippen molar-refractivity contribution in [3.63, 3.8) is 0 Å². The van der Waals surface area contributed by atoms with E-state index in [4.69, 9.17) is 4.74 Å². The van der Waals surface area contributed by atoms with Gasteiger partial charge in [-0.3, -0.25) is 9.59 Å². The Morgan fingerprint density at radius 1 is 1.11 bits per heavy atom. The molecule has 36 heavy (non-hydrogen) atoms. The van der Waals surface area contributed by atoms with E-state index in [2.05, 4.69) is 5.32 Å². The Kier molecular flexibility index (Phi) is 7.19. The molecule has 1 aliphatic heterocycles. The van der Waals surface area contributed by atoms with Crippen molar-refractivity contribution in [3.8, 4) is 0 Å². The van der Waals surface area contributed by atoms with Crippen molar-refractivity contribution in [1.82, 2.24) is 10.2 Å². The van der Waals surface area contributed by atoms with Crippen LogP contribution >= 0.6 is 0 Å². The topological polar surface area (TPSA) is 75.7 Å². The van der Waals surface area contributed by atoms with Gasteiger partial charge in [-0.15, -0.1) is 0 Å². The Hall–Kier alpha value is -3.62. The summed E-state index contributed by atoms with van der Waals surface area (Å²) in [6, 6.07) is 11.6. The van der Waals surface area contributed by atoms with E-state index in [1.807, 2.05) is 0 Å². The number of amides is 2. The van der Waals surface area contributed by atoms with Gasteiger partial charge in [-0.05, 0) is 62.1 Å². The van der Waals surface area contributed by atoms with Gasteiger partial charge in [0.1, 0.15) is 0 Å². The van der Waals surface area contributed by atoms with Crippen LogP contribution in [0.25, 0.3) is 0 Å². The fourth-order valence-electron chi connectivity index (χ4n) is 4.36. The summed E-state index contributed by atoms with van der Waals surface area (Å²) in [5, 5.41) is 2.93. The zero-order valence-electron chi connectivity index (χ0n) is 20.0. The Morgan fingerprint density at radius 2 is 1.81 bits per heavy atom. The van der Waals surface area contributed by atoms with Crippen LogP contribution in [0.3, 0.4) is 0 Å². The van der Waals surface area contributed by atoms with Crippen LogP contribution in [0.4, 0.5) is 13.2 Å². The van der Waals surface area contributed by atoms with Crippen LogP contribution in [0.5, 0.6) is 0 Å². The molecule has 0 aromatic heterocycles. The van der Waals surface area contributed by atoms with E-state index in [-0.39, 0.29) is 43.0 Å². The van der Waals surface area contributed by atoms with Gasteiger partial charge >= 0.3 is 12.1 Å². The first-order valence-electron chi connectivity index (χ1n) is 11.8. The fourth-order valence-corrected chi connectivity index (χ4v) is 4.36. The smallest absolute Gasteiger partial charge is 0.416 e. The third kappa shape index (κ3) is 5.61. The first-order chi connectivity index (χ1) is 17.1. The molecule has 2 aromatic rings. The monoisotopic (exact) mass is 500 g/mol. The van der Waals surface area contributed by atoms with Crippen molar-refractivity contribution in [1.29, 1.82) is 0 Å². The van der Waals surface area contributed by atoms with E-state index < -0.39 is 23.6 Å². The highest BCUT2D eigenvalue weighted by molar-refractivity contribution is 5.96. The Labute approximate surface area is 207 Å². The highest BCUT2D eigenvalue weighted by Gasteiger charge is 2.38. The molecule has 6 nitrogen and oxygen atoms in total. The van der Waals surface area contributed by atoms with Crippen LogP contribution in [0, 0.1) is 0 Å². The lowest BCUT2D eigenvalue weighted by Gasteiger charge is -2.34. The molecule has 0 radical (unpaired) electrons. The van der Waals surface area contributed by atoms with Crippen LogP contribution in [-0.4, -0.2) is 35.3 Å². The van der Waals surface area contributed by atoms with Crippen LogP contribution in [0.1, 0.15) is 66.1 Å². The molecule has 1 unspecified atom stereocenters. The largest absolute Gasteiger partial charge is 0.463 e. The van der Waals surface area contributed by atoms with Crippen LogP contribution in [0.15, 0.2) is 59.8 Å². The lowest BCUT2D eigenvalue weighted by Crippen LogP contribution is -2.38. The third-order valence-electron chi connectivity index (χ3n) is 6.40. The average Bonchev–Trinajstić information content (AvgIpc) is 3.65. The summed E-state index contributed by atoms with van der Waals surface area (Å²) in [4.78, 5) is 40.0. The quantitative estimate of drug-likeness (QED) is 0.546. The predicted octanol–water partition coefficient (Wildman–Crippen LogP) is 4.95. The molecule has 1 N–H and O–H groups in total. The number of nitrogens with zero attached hydrogens (tertiary/aromatic N) is 1. The normalized spacial score (nSPS) is 18.3. The molecule has 0 saturated heterocycles. The number of hydrogen-bond acceptors (Lipinski definition) is 4. The number of rotatable bonds is 7. The maximum atomic E-state index is 13.2. The minimum Gasteiger partial charge on any atom is -0.463 e. The third-order valence-corrected chi connectivity index (χ3v) is 6.40. The highest BCUT2D eigenvalue weighted by atomic mass is 19.4. The second kappa shape index (κ2) is 10.2. The van der Waals surface area contributed by atoms with E-state index in [1.54, 1.807) is 38.1 Å². The number of nitrogens with one attached hydrogen (secondary N) is 1. The van der Waals surface area contributed by atoms with Crippen molar-refractivity contribution < 1.29 is 32.3 Å². The summed E-state index contributed by atoms with van der Waals surface area (Å²) >= 11 is 0. The standard InChI is InChI=1S/C27H27F3N2O4/c1-3-36-26(35)24-16(2)32(15-17-5-4-6-19(13-17)25(34)31-21-11-12-21)23(33)14-22(24)18-7-9-20(10-8-18)27(28,29)30/h4-10,13,21-22H,3,11-12,14-15H2,1-2H3,(H,31,34). The molecule has 190 valence electrons. The molecule has 1 heterocycles. The van der Waals surface area contributed by atoms with Crippen molar-refractivity contribution in [2.45, 2.75) is 57.8 Å². The minimum atomic E-state index is -4.49. The summed E-state index contributed by atoms with van der Waals surface area (Å²) in [5.74, 6) is -1.80. The van der Waals surface area contributed by atoms with Gasteiger partial charge in [0.2, 0.25) is 5.91 Å². The maximum Gasteiger partial charge on any atom is 0.416 e. The molecule has 4 rings (SSSR count). The van der Waals surface area contributed by atoms with Crippen molar-refractivity contribution in [2.75, 3.05) is 6.61 Å². The van der Waals surface area contributed by atoms with Crippen molar-refractivity contribution in [3.05, 3.63) is 82.1 Å². The number of ether oxygens (including phenoxy) is 1. The van der Waals surface area contributed by atoms with E-state index in [9.17, 15) is 27.6 Å². The number of carbonyl (C=O) groups is 3. The van der Waals surface area contributed by atoms with Crippen LogP contribution < -0.4 is 5.32 Å². The van der Waals surface area contributed by atoms with Gasteiger partial charge in [-0.25, -0.2) is 4.79 Å². The summed E-state index contributed by atoms with van der Waals surface area (Å²) in [6.45, 7) is 3.54. The van der Waals surface area contributed by atoms with Gasteiger partial charge in [-0.1, -0.05) is 24.3 Å². The molecule has 1 saturated carbocycles. The lowest BCUT2D eigenvalue weighted by molar-refractivity contribution is -0.140. The minimum absolute atomic E-state index is 0.0985. The molecule has 1 fully saturated rings. The molecule has 1 aliphatic carbocycles. The second-order valence-corrected chi connectivity index (χ2v) is 9.02. The number of benzene rings is 2. The van der Waals surface area contributed by atoms with Gasteiger partial charge in [-0.2, -0.15) is 13.2 Å². The first-order valence-corrected chi connectivity index (χ1v) is 11.8. The Morgan fingerprint density at radius 3 is 2.42 bits per heavy atom. The highest BCUT2D eigenvalue weighted by Crippen LogP contribution is 2.39. The number of hydrogen-bond donors (Lipinski definition) is 1. The summed E-state index contributed by atoms with van der Waals surface area (Å²) in [5.41, 5.74) is 1.43. The summed E-state index contributed by atoms with van der Waals surface area (Å²) in [7, 11) is 0. The zero-order valence-corrected chi connectivity index (χ0v) is 20.0. The number of allylic oxidation sites excluding steroid dienone is 1. The van der Waals surface area contributed by atoms with Crippen LogP contribution in [-0.2, 0) is 27.0 Å². The van der Waals surface area contributed by atoms with Gasteiger partial charge < -0.3 is 15.0 Å².